The predicted molar refractivity (Wildman–Crippen MR) is 145 cm³/mol. The number of piperidine rings is 1. The van der Waals surface area contributed by atoms with Crippen LogP contribution in [0.5, 0.6) is 0 Å². The molecule has 12 heteroatoms. The Kier molecular flexibility index (Phi) is 11.0. The lowest BCUT2D eigenvalue weighted by Gasteiger charge is -2.31. The van der Waals surface area contributed by atoms with Crippen LogP contribution in [0, 0.1) is 5.92 Å². The minimum absolute atomic E-state index is 0.0469. The molecule has 2 aromatic rings. The van der Waals surface area contributed by atoms with Crippen LogP contribution in [0.25, 0.3) is 0 Å². The normalized spacial score (nSPS) is 20.1. The van der Waals surface area contributed by atoms with E-state index in [0.717, 1.165) is 38.0 Å². The number of rotatable bonds is 14. The molecule has 12 nitrogen and oxygen atoms in total. The van der Waals surface area contributed by atoms with Crippen molar-refractivity contribution in [3.63, 3.8) is 0 Å². The fourth-order valence-electron chi connectivity index (χ4n) is 5.27. The maximum atomic E-state index is 12.8. The quantitative estimate of drug-likeness (QED) is 0.272. The molecule has 2 fully saturated rings. The molecule has 1 N–H and O–H groups in total. The molecule has 0 aliphatic carbocycles. The van der Waals surface area contributed by atoms with Crippen molar-refractivity contribution in [2.75, 3.05) is 66.3 Å². The van der Waals surface area contributed by atoms with E-state index in [0.29, 0.717) is 45.1 Å². The topological polar surface area (TPSA) is 128 Å². The summed E-state index contributed by atoms with van der Waals surface area (Å²) in [5.74, 6) is -0.977. The average Bonchev–Trinajstić information content (AvgIpc) is 3.58. The van der Waals surface area contributed by atoms with E-state index >= 15 is 0 Å². The van der Waals surface area contributed by atoms with Crippen LogP contribution in [0.1, 0.15) is 54.2 Å². The van der Waals surface area contributed by atoms with Gasteiger partial charge >= 0.3 is 5.97 Å². The second-order valence-electron chi connectivity index (χ2n) is 10.1. The van der Waals surface area contributed by atoms with E-state index in [-0.39, 0.29) is 36.3 Å². The molecule has 2 amide bonds. The molecule has 2 aliphatic heterocycles. The second kappa shape index (κ2) is 14.9. The van der Waals surface area contributed by atoms with E-state index in [2.05, 4.69) is 20.3 Å². The molecule has 0 spiro atoms. The van der Waals surface area contributed by atoms with Crippen LogP contribution in [0.2, 0.25) is 0 Å². The molecule has 2 saturated heterocycles. The number of hydrogen-bond acceptors (Lipinski definition) is 9. The zero-order chi connectivity index (χ0) is 28.3. The van der Waals surface area contributed by atoms with Gasteiger partial charge in [0.05, 0.1) is 62.8 Å². The van der Waals surface area contributed by atoms with Crippen molar-refractivity contribution in [2.24, 2.45) is 5.92 Å². The van der Waals surface area contributed by atoms with Gasteiger partial charge in [-0.15, -0.1) is 0 Å². The maximum Gasteiger partial charge on any atom is 0.341 e. The highest BCUT2D eigenvalue weighted by molar-refractivity contribution is 5.90. The van der Waals surface area contributed by atoms with Crippen molar-refractivity contribution in [1.82, 2.24) is 29.9 Å². The lowest BCUT2D eigenvalue weighted by atomic mass is 9.94. The van der Waals surface area contributed by atoms with Crippen LogP contribution in [0.15, 0.2) is 36.9 Å². The van der Waals surface area contributed by atoms with E-state index in [1.165, 1.54) is 0 Å². The van der Waals surface area contributed by atoms with Crippen molar-refractivity contribution in [3.8, 4) is 0 Å². The smallest absolute Gasteiger partial charge is 0.341 e. The Morgan fingerprint density at radius 2 is 1.88 bits per heavy atom. The van der Waals surface area contributed by atoms with Gasteiger partial charge in [-0.25, -0.2) is 4.79 Å². The highest BCUT2D eigenvalue weighted by Gasteiger charge is 2.42. The number of esters is 1. The lowest BCUT2D eigenvalue weighted by Crippen LogP contribution is -2.37. The number of pyridine rings is 1. The SMILES string of the molecule is CCOC(=O)c1cnn(C2CCN(CCOCCOCCNC(=O)[C@H]3CC(=O)N(C)[C@@H]3c3cccnc3)CC2)c1. The Labute approximate surface area is 234 Å². The summed E-state index contributed by atoms with van der Waals surface area (Å²) in [7, 11) is 1.73. The summed E-state index contributed by atoms with van der Waals surface area (Å²) in [5.41, 5.74) is 1.35. The Balaban J connectivity index is 1.03. The molecule has 4 rings (SSSR count). The van der Waals surface area contributed by atoms with Gasteiger partial charge in [0.25, 0.3) is 0 Å². The zero-order valence-corrected chi connectivity index (χ0v) is 23.4. The van der Waals surface area contributed by atoms with Crippen molar-refractivity contribution in [1.29, 1.82) is 0 Å². The number of amides is 2. The maximum absolute atomic E-state index is 12.8. The predicted octanol–water partition coefficient (Wildman–Crippen LogP) is 1.46. The molecule has 2 atom stereocenters. The van der Waals surface area contributed by atoms with Crippen molar-refractivity contribution in [3.05, 3.63) is 48.0 Å². The molecular weight excluding hydrogens is 516 g/mol. The monoisotopic (exact) mass is 556 g/mol. The van der Waals surface area contributed by atoms with E-state index in [4.69, 9.17) is 14.2 Å². The standard InChI is InChI=1S/C28H40N6O6/c1-3-40-28(37)22-19-31-34(20-22)23-6-10-33(11-7-23)12-14-39-16-15-38-13-9-30-27(36)24-17-25(35)32(2)26(24)21-5-4-8-29-18-21/h4-5,8,18-20,23-24,26H,3,6-7,9-17H2,1-2H3,(H,30,36)/t24-,26+/m0/s1. The summed E-state index contributed by atoms with van der Waals surface area (Å²) in [6, 6.07) is 3.68. The van der Waals surface area contributed by atoms with E-state index in [1.807, 2.05) is 16.8 Å². The highest BCUT2D eigenvalue weighted by atomic mass is 16.5. The van der Waals surface area contributed by atoms with Gasteiger partial charge in [0.1, 0.15) is 0 Å². The number of hydrogen-bond donors (Lipinski definition) is 1. The first-order valence-electron chi connectivity index (χ1n) is 14.0. The molecule has 218 valence electrons. The summed E-state index contributed by atoms with van der Waals surface area (Å²) in [6.07, 6.45) is 8.85. The molecule has 2 aliphatic rings. The fraction of sp³-hybridized carbons (Fsp3) is 0.607. The molecule has 0 unspecified atom stereocenters. The van der Waals surface area contributed by atoms with Crippen molar-refractivity contribution in [2.45, 2.75) is 38.3 Å². The molecule has 0 radical (unpaired) electrons. The van der Waals surface area contributed by atoms with Crippen LogP contribution in [0.4, 0.5) is 0 Å². The molecule has 4 heterocycles. The van der Waals surface area contributed by atoms with Gasteiger partial charge in [-0.05, 0) is 31.4 Å². The van der Waals surface area contributed by atoms with Crippen LogP contribution < -0.4 is 5.32 Å². The first-order valence-corrected chi connectivity index (χ1v) is 14.0. The third kappa shape index (κ3) is 7.86. The summed E-state index contributed by atoms with van der Waals surface area (Å²) < 4.78 is 18.2. The second-order valence-corrected chi connectivity index (χ2v) is 10.1. The Morgan fingerprint density at radius 3 is 2.60 bits per heavy atom. The third-order valence-corrected chi connectivity index (χ3v) is 7.46. The van der Waals surface area contributed by atoms with Gasteiger partial charge in [-0.3, -0.25) is 19.3 Å². The van der Waals surface area contributed by atoms with Crippen LogP contribution in [0.3, 0.4) is 0 Å². The van der Waals surface area contributed by atoms with Crippen LogP contribution >= 0.6 is 0 Å². The van der Waals surface area contributed by atoms with E-state index < -0.39 is 5.92 Å². The van der Waals surface area contributed by atoms with E-state index in [9.17, 15) is 14.4 Å². The molecule has 0 bridgehead atoms. The number of nitrogens with one attached hydrogen (secondary N) is 1. The Hall–Kier alpha value is -3.35. The molecule has 2 aromatic heterocycles. The average molecular weight is 557 g/mol. The van der Waals surface area contributed by atoms with Crippen molar-refractivity contribution < 1.29 is 28.6 Å². The number of carbonyl (C=O) groups is 3. The number of carbonyl (C=O) groups excluding carboxylic acids is 3. The van der Waals surface area contributed by atoms with Gasteiger partial charge < -0.3 is 29.3 Å². The number of nitrogens with zero attached hydrogens (tertiary/aromatic N) is 5. The molecule has 40 heavy (non-hydrogen) atoms. The van der Waals surface area contributed by atoms with Gasteiger partial charge in [0, 0.05) is 58.2 Å². The Bertz CT molecular complexity index is 1100. The van der Waals surface area contributed by atoms with Crippen molar-refractivity contribution >= 4 is 17.8 Å². The van der Waals surface area contributed by atoms with Gasteiger partial charge in [-0.1, -0.05) is 6.07 Å². The van der Waals surface area contributed by atoms with Crippen LogP contribution in [-0.2, 0) is 23.8 Å². The van der Waals surface area contributed by atoms with E-state index in [1.54, 1.807) is 43.7 Å². The summed E-state index contributed by atoms with van der Waals surface area (Å²) in [5, 5.41) is 7.25. The lowest BCUT2D eigenvalue weighted by molar-refractivity contribution is -0.128. The van der Waals surface area contributed by atoms with Gasteiger partial charge in [0.15, 0.2) is 0 Å². The third-order valence-electron chi connectivity index (χ3n) is 7.46. The largest absolute Gasteiger partial charge is 0.462 e. The van der Waals surface area contributed by atoms with Gasteiger partial charge in [-0.2, -0.15) is 5.10 Å². The number of aromatic nitrogens is 3. The number of likely N-dealkylation sites (tertiary alicyclic amines) is 2. The minimum atomic E-state index is -0.447. The molecule has 0 saturated carbocycles. The Morgan fingerprint density at radius 1 is 1.10 bits per heavy atom. The zero-order valence-electron chi connectivity index (χ0n) is 23.4. The summed E-state index contributed by atoms with van der Waals surface area (Å²) in [6.45, 7) is 7.20. The minimum Gasteiger partial charge on any atom is -0.462 e. The van der Waals surface area contributed by atoms with Crippen LogP contribution in [-0.4, -0.2) is 109 Å². The summed E-state index contributed by atoms with van der Waals surface area (Å²) >= 11 is 0. The first kappa shape index (κ1) is 29.6. The summed E-state index contributed by atoms with van der Waals surface area (Å²) in [4.78, 5) is 45.0. The molecular formula is C28H40N6O6. The van der Waals surface area contributed by atoms with Gasteiger partial charge in [0.2, 0.25) is 11.8 Å². The highest BCUT2D eigenvalue weighted by Crippen LogP contribution is 2.36. The number of ether oxygens (including phenoxy) is 3. The first-order chi connectivity index (χ1) is 19.5. The molecule has 0 aromatic carbocycles. The fourth-order valence-corrected chi connectivity index (χ4v) is 5.27.